The first-order valence-corrected chi connectivity index (χ1v) is 5.30. The van der Waals surface area contributed by atoms with Crippen LogP contribution in [0, 0.1) is 0 Å². The first-order chi connectivity index (χ1) is 6.81. The van der Waals surface area contributed by atoms with Crippen molar-refractivity contribution < 1.29 is 0 Å². The number of thiazole rings is 1. The van der Waals surface area contributed by atoms with Crippen molar-refractivity contribution in [2.75, 3.05) is 25.0 Å². The summed E-state index contributed by atoms with van der Waals surface area (Å²) in [5.74, 6) is 0.925. The van der Waals surface area contributed by atoms with E-state index < -0.39 is 0 Å². The fraction of sp³-hybridized carbons (Fsp3) is 0.333. The summed E-state index contributed by atoms with van der Waals surface area (Å²) in [5.41, 5.74) is 8.10. The minimum atomic E-state index is 0.632. The molecule has 0 fully saturated rings. The lowest BCUT2D eigenvalue weighted by Crippen LogP contribution is -2.25. The van der Waals surface area contributed by atoms with Gasteiger partial charge in [-0.1, -0.05) is 0 Å². The molecule has 0 saturated heterocycles. The van der Waals surface area contributed by atoms with Crippen LogP contribution >= 0.6 is 11.3 Å². The average Bonchev–Trinajstić information content (AvgIpc) is 2.64. The highest BCUT2D eigenvalue weighted by Gasteiger charge is 2.03. The Labute approximate surface area is 86.4 Å². The van der Waals surface area contributed by atoms with Crippen molar-refractivity contribution in [3.05, 3.63) is 17.6 Å². The molecule has 0 aliphatic rings. The van der Waals surface area contributed by atoms with Gasteiger partial charge in [-0.25, -0.2) is 9.97 Å². The Morgan fingerprint density at radius 2 is 2.36 bits per heavy atom. The van der Waals surface area contributed by atoms with Crippen molar-refractivity contribution >= 4 is 27.5 Å². The van der Waals surface area contributed by atoms with Crippen LogP contribution in [0.5, 0.6) is 0 Å². The second-order valence-electron chi connectivity index (χ2n) is 3.05. The lowest BCUT2D eigenvalue weighted by atomic mass is 10.4. The predicted octanol–water partition coefficient (Wildman–Crippen LogP) is 1.09. The van der Waals surface area contributed by atoms with E-state index in [2.05, 4.69) is 9.97 Å². The van der Waals surface area contributed by atoms with E-state index in [9.17, 15) is 0 Å². The van der Waals surface area contributed by atoms with Gasteiger partial charge in [-0.15, -0.1) is 11.3 Å². The van der Waals surface area contributed by atoms with Gasteiger partial charge in [-0.2, -0.15) is 0 Å². The Balaban J connectivity index is 2.33. The van der Waals surface area contributed by atoms with Gasteiger partial charge in [-0.05, 0) is 12.1 Å². The van der Waals surface area contributed by atoms with Gasteiger partial charge in [0, 0.05) is 20.1 Å². The van der Waals surface area contributed by atoms with Gasteiger partial charge in [0.25, 0.3) is 0 Å². The van der Waals surface area contributed by atoms with Gasteiger partial charge in [-0.3, -0.25) is 0 Å². The van der Waals surface area contributed by atoms with Gasteiger partial charge < -0.3 is 10.6 Å². The summed E-state index contributed by atoms with van der Waals surface area (Å²) in [5, 5.41) is 0. The molecule has 0 spiro atoms. The Bertz CT molecular complexity index is 425. The number of pyridine rings is 1. The molecule has 0 bridgehead atoms. The SMILES string of the molecule is CN(CCN)c1ccc2scnc2n1. The van der Waals surface area contributed by atoms with E-state index in [1.54, 1.807) is 11.3 Å². The fourth-order valence-corrected chi connectivity index (χ4v) is 1.88. The predicted molar refractivity (Wildman–Crippen MR) is 59.7 cm³/mol. The van der Waals surface area contributed by atoms with Crippen LogP contribution in [-0.2, 0) is 0 Å². The zero-order chi connectivity index (χ0) is 9.97. The average molecular weight is 208 g/mol. The highest BCUT2D eigenvalue weighted by atomic mass is 32.1. The van der Waals surface area contributed by atoms with Crippen molar-refractivity contribution in [1.82, 2.24) is 9.97 Å². The summed E-state index contributed by atoms with van der Waals surface area (Å²) >= 11 is 1.60. The van der Waals surface area contributed by atoms with Gasteiger partial charge in [0.05, 0.1) is 10.2 Å². The third-order valence-electron chi connectivity index (χ3n) is 2.03. The molecule has 2 rings (SSSR count). The number of likely N-dealkylation sites (N-methyl/N-ethyl adjacent to an activating group) is 1. The lowest BCUT2D eigenvalue weighted by molar-refractivity contribution is 0.871. The molecule has 0 unspecified atom stereocenters. The maximum Gasteiger partial charge on any atom is 0.172 e. The molecule has 0 aliphatic heterocycles. The Kier molecular flexibility index (Phi) is 2.60. The van der Waals surface area contributed by atoms with Crippen LogP contribution in [0.25, 0.3) is 10.3 Å². The highest BCUT2D eigenvalue weighted by molar-refractivity contribution is 7.16. The Morgan fingerprint density at radius 3 is 3.14 bits per heavy atom. The van der Waals surface area contributed by atoms with E-state index in [1.165, 1.54) is 0 Å². The quantitative estimate of drug-likeness (QED) is 0.820. The third kappa shape index (κ3) is 1.69. The molecule has 2 heterocycles. The van der Waals surface area contributed by atoms with Gasteiger partial charge >= 0.3 is 0 Å². The largest absolute Gasteiger partial charge is 0.358 e. The second kappa shape index (κ2) is 3.89. The van der Waals surface area contributed by atoms with E-state index in [4.69, 9.17) is 5.73 Å². The summed E-state index contributed by atoms with van der Waals surface area (Å²) in [6.45, 7) is 1.44. The normalized spacial score (nSPS) is 10.7. The first-order valence-electron chi connectivity index (χ1n) is 4.42. The maximum absolute atomic E-state index is 5.48. The van der Waals surface area contributed by atoms with Crippen molar-refractivity contribution in [3.8, 4) is 0 Å². The number of nitrogens with zero attached hydrogens (tertiary/aromatic N) is 3. The van der Waals surface area contributed by atoms with Crippen LogP contribution in [0.4, 0.5) is 5.82 Å². The van der Waals surface area contributed by atoms with Crippen molar-refractivity contribution in [1.29, 1.82) is 0 Å². The van der Waals surface area contributed by atoms with E-state index in [1.807, 2.05) is 29.6 Å². The van der Waals surface area contributed by atoms with E-state index >= 15 is 0 Å². The van der Waals surface area contributed by atoms with Crippen LogP contribution in [0.1, 0.15) is 0 Å². The van der Waals surface area contributed by atoms with Crippen molar-refractivity contribution in [2.45, 2.75) is 0 Å². The lowest BCUT2D eigenvalue weighted by Gasteiger charge is -2.16. The topological polar surface area (TPSA) is 55.0 Å². The fourth-order valence-electron chi connectivity index (χ4n) is 1.26. The molecule has 2 N–H and O–H groups in total. The van der Waals surface area contributed by atoms with Crippen LogP contribution < -0.4 is 10.6 Å². The summed E-state index contributed by atoms with van der Waals surface area (Å²) in [4.78, 5) is 10.6. The summed E-state index contributed by atoms with van der Waals surface area (Å²) < 4.78 is 1.12. The minimum Gasteiger partial charge on any atom is -0.358 e. The van der Waals surface area contributed by atoms with Crippen molar-refractivity contribution in [3.63, 3.8) is 0 Å². The van der Waals surface area contributed by atoms with Crippen LogP contribution in [-0.4, -0.2) is 30.1 Å². The van der Waals surface area contributed by atoms with Gasteiger partial charge in [0.1, 0.15) is 5.82 Å². The third-order valence-corrected chi connectivity index (χ3v) is 2.82. The first kappa shape index (κ1) is 9.36. The van der Waals surface area contributed by atoms with E-state index in [-0.39, 0.29) is 0 Å². The molecule has 0 amide bonds. The molecule has 0 aromatic carbocycles. The van der Waals surface area contributed by atoms with E-state index in [0.29, 0.717) is 6.54 Å². The summed E-state index contributed by atoms with van der Waals surface area (Å²) in [6.07, 6.45) is 0. The van der Waals surface area contributed by atoms with Gasteiger partial charge in [0.2, 0.25) is 0 Å². The zero-order valence-electron chi connectivity index (χ0n) is 7.97. The summed E-state index contributed by atoms with van der Waals surface area (Å²) in [7, 11) is 1.98. The molecule has 0 radical (unpaired) electrons. The smallest absolute Gasteiger partial charge is 0.172 e. The number of anilines is 1. The molecule has 2 aromatic heterocycles. The molecule has 5 heteroatoms. The number of nitrogens with two attached hydrogens (primary N) is 1. The molecule has 2 aromatic rings. The van der Waals surface area contributed by atoms with Crippen LogP contribution in [0.2, 0.25) is 0 Å². The number of fused-ring (bicyclic) bond motifs is 1. The van der Waals surface area contributed by atoms with Crippen LogP contribution in [0.3, 0.4) is 0 Å². The molecule has 14 heavy (non-hydrogen) atoms. The number of rotatable bonds is 3. The molecule has 0 atom stereocenters. The molecule has 0 saturated carbocycles. The monoisotopic (exact) mass is 208 g/mol. The minimum absolute atomic E-state index is 0.632. The molecule has 4 nitrogen and oxygen atoms in total. The van der Waals surface area contributed by atoms with E-state index in [0.717, 1.165) is 22.7 Å². The summed E-state index contributed by atoms with van der Waals surface area (Å²) in [6, 6.07) is 4.04. The Hall–Kier alpha value is -1.20. The molecule has 74 valence electrons. The molecule has 0 aliphatic carbocycles. The highest BCUT2D eigenvalue weighted by Crippen LogP contribution is 2.19. The second-order valence-corrected chi connectivity index (χ2v) is 3.94. The Morgan fingerprint density at radius 1 is 1.50 bits per heavy atom. The standard InChI is InChI=1S/C9H12N4S/c1-13(5-4-10)8-3-2-7-9(12-8)11-6-14-7/h2-3,6H,4-5,10H2,1H3. The number of aromatic nitrogens is 2. The number of hydrogen-bond donors (Lipinski definition) is 1. The van der Waals surface area contributed by atoms with Crippen LogP contribution in [0.15, 0.2) is 17.6 Å². The van der Waals surface area contributed by atoms with Crippen molar-refractivity contribution in [2.24, 2.45) is 5.73 Å². The maximum atomic E-state index is 5.48. The number of hydrogen-bond acceptors (Lipinski definition) is 5. The van der Waals surface area contributed by atoms with Gasteiger partial charge in [0.15, 0.2) is 5.65 Å². The zero-order valence-corrected chi connectivity index (χ0v) is 8.79. The molecular weight excluding hydrogens is 196 g/mol. The molecular formula is C9H12N4S.